The molecule has 3 rings (SSSR count). The van der Waals surface area contributed by atoms with Gasteiger partial charge in [0.1, 0.15) is 15.9 Å². The molecule has 0 aliphatic heterocycles. The van der Waals surface area contributed by atoms with E-state index in [0.29, 0.717) is 12.1 Å². The van der Waals surface area contributed by atoms with Crippen molar-refractivity contribution in [1.82, 2.24) is 24.1 Å². The van der Waals surface area contributed by atoms with Crippen LogP contribution in [0, 0.1) is 0 Å². The fourth-order valence-electron chi connectivity index (χ4n) is 2.31. The second-order valence-corrected chi connectivity index (χ2v) is 6.64. The van der Waals surface area contributed by atoms with Crippen molar-refractivity contribution in [3.05, 3.63) is 29.5 Å². The van der Waals surface area contributed by atoms with Crippen molar-refractivity contribution in [1.29, 1.82) is 0 Å². The predicted molar refractivity (Wildman–Crippen MR) is 91.5 cm³/mol. The minimum absolute atomic E-state index is 0.307. The molecule has 7 heteroatoms. The molecule has 0 saturated heterocycles. The van der Waals surface area contributed by atoms with Crippen LogP contribution in [0.2, 0.25) is 0 Å². The van der Waals surface area contributed by atoms with Gasteiger partial charge in [-0.25, -0.2) is 15.0 Å². The van der Waals surface area contributed by atoms with Gasteiger partial charge in [0.2, 0.25) is 0 Å². The highest BCUT2D eigenvalue weighted by Gasteiger charge is 2.14. The number of rotatable bonds is 4. The van der Waals surface area contributed by atoms with Crippen molar-refractivity contribution in [3.8, 4) is 0 Å². The van der Waals surface area contributed by atoms with Crippen molar-refractivity contribution in [2.45, 2.75) is 39.8 Å². The smallest absolute Gasteiger partial charge is 0.159 e. The number of nitrogens with zero attached hydrogens (tertiary/aromatic N) is 5. The molecular weight excluding hydrogens is 344 g/mol. The van der Waals surface area contributed by atoms with Crippen LogP contribution in [0.15, 0.2) is 29.5 Å². The number of halogens is 1. The predicted octanol–water partition coefficient (Wildman–Crippen LogP) is 4.30. The van der Waals surface area contributed by atoms with E-state index in [9.17, 15) is 0 Å². The van der Waals surface area contributed by atoms with Crippen LogP contribution < -0.4 is 5.32 Å². The zero-order valence-electron chi connectivity index (χ0n) is 13.1. The van der Waals surface area contributed by atoms with Gasteiger partial charge in [-0.05, 0) is 49.7 Å². The zero-order chi connectivity index (χ0) is 15.9. The second kappa shape index (κ2) is 5.72. The van der Waals surface area contributed by atoms with Gasteiger partial charge in [0.05, 0.1) is 18.2 Å². The van der Waals surface area contributed by atoms with E-state index in [1.54, 1.807) is 0 Å². The Morgan fingerprint density at radius 2 is 1.86 bits per heavy atom. The molecule has 3 aromatic rings. The third-order valence-electron chi connectivity index (χ3n) is 3.52. The van der Waals surface area contributed by atoms with Gasteiger partial charge in [-0.15, -0.1) is 0 Å². The summed E-state index contributed by atoms with van der Waals surface area (Å²) in [5, 5.41) is 3.31. The molecule has 22 heavy (non-hydrogen) atoms. The van der Waals surface area contributed by atoms with Gasteiger partial charge < -0.3 is 14.5 Å². The summed E-state index contributed by atoms with van der Waals surface area (Å²) in [4.78, 5) is 13.4. The quantitative estimate of drug-likeness (QED) is 0.703. The zero-order valence-corrected chi connectivity index (χ0v) is 14.7. The van der Waals surface area contributed by atoms with Crippen molar-refractivity contribution in [2.24, 2.45) is 0 Å². The summed E-state index contributed by atoms with van der Waals surface area (Å²) in [5.41, 5.74) is 1.89. The monoisotopic (exact) mass is 362 g/mol. The van der Waals surface area contributed by atoms with Gasteiger partial charge in [-0.3, -0.25) is 0 Å². The average molecular weight is 363 g/mol. The Morgan fingerprint density at radius 1 is 1.09 bits per heavy atom. The first kappa shape index (κ1) is 15.0. The average Bonchev–Trinajstić information content (AvgIpc) is 3.04. The number of aromatic nitrogens is 5. The first-order valence-electron chi connectivity index (χ1n) is 7.29. The third kappa shape index (κ3) is 2.72. The maximum atomic E-state index is 4.56. The Morgan fingerprint density at radius 3 is 2.50 bits per heavy atom. The second-order valence-electron chi connectivity index (χ2n) is 5.83. The minimum Gasteiger partial charge on any atom is -0.333 e. The molecular formula is C15H19BrN6. The van der Waals surface area contributed by atoms with Crippen LogP contribution in [0.25, 0.3) is 11.0 Å². The minimum atomic E-state index is 0.307. The van der Waals surface area contributed by atoms with Gasteiger partial charge in [-0.2, -0.15) is 0 Å². The van der Waals surface area contributed by atoms with E-state index in [2.05, 4.69) is 73.0 Å². The number of fused-ring (bicyclic) bond motifs is 1. The van der Waals surface area contributed by atoms with Crippen molar-refractivity contribution in [3.63, 3.8) is 0 Å². The van der Waals surface area contributed by atoms with E-state index >= 15 is 0 Å². The van der Waals surface area contributed by atoms with Crippen LogP contribution in [0.5, 0.6) is 0 Å². The molecule has 0 aliphatic carbocycles. The number of hydrogen-bond acceptors (Lipinski definition) is 4. The Labute approximate surface area is 137 Å². The van der Waals surface area contributed by atoms with Crippen molar-refractivity contribution >= 4 is 38.6 Å². The van der Waals surface area contributed by atoms with Crippen LogP contribution in [-0.4, -0.2) is 24.1 Å². The highest BCUT2D eigenvalue weighted by molar-refractivity contribution is 9.10. The summed E-state index contributed by atoms with van der Waals surface area (Å²) < 4.78 is 4.91. The summed E-state index contributed by atoms with van der Waals surface area (Å²) in [6.07, 6.45) is 5.65. The molecule has 0 spiro atoms. The summed E-state index contributed by atoms with van der Waals surface area (Å²) >= 11 is 3.45. The van der Waals surface area contributed by atoms with Gasteiger partial charge in [0.25, 0.3) is 0 Å². The number of anilines is 2. The maximum Gasteiger partial charge on any atom is 0.159 e. The van der Waals surface area contributed by atoms with Crippen LogP contribution in [0.4, 0.5) is 11.6 Å². The lowest BCUT2D eigenvalue weighted by molar-refractivity contribution is 0.600. The molecule has 0 amide bonds. The summed E-state index contributed by atoms with van der Waals surface area (Å²) in [6.45, 7) is 8.49. The van der Waals surface area contributed by atoms with Gasteiger partial charge in [-0.1, -0.05) is 0 Å². The summed E-state index contributed by atoms with van der Waals surface area (Å²) in [7, 11) is 0. The first-order valence-corrected chi connectivity index (χ1v) is 8.08. The SMILES string of the molecule is CC(C)n1cnc(Nc2nc(Br)cc3ncn(C(C)C)c23)c1. The molecule has 0 aromatic carbocycles. The Bertz CT molecular complexity index is 802. The van der Waals surface area contributed by atoms with E-state index in [0.717, 1.165) is 27.3 Å². The normalized spacial score (nSPS) is 11.8. The summed E-state index contributed by atoms with van der Waals surface area (Å²) in [6, 6.07) is 2.60. The fraction of sp³-hybridized carbons (Fsp3) is 0.400. The lowest BCUT2D eigenvalue weighted by Crippen LogP contribution is -2.03. The van der Waals surface area contributed by atoms with Crippen LogP contribution >= 0.6 is 15.9 Å². The molecule has 116 valence electrons. The van der Waals surface area contributed by atoms with E-state index in [1.165, 1.54) is 0 Å². The first-order chi connectivity index (χ1) is 10.5. The van der Waals surface area contributed by atoms with Crippen molar-refractivity contribution < 1.29 is 0 Å². The van der Waals surface area contributed by atoms with E-state index in [1.807, 2.05) is 24.9 Å². The molecule has 3 aromatic heterocycles. The van der Waals surface area contributed by atoms with Crippen LogP contribution in [0.1, 0.15) is 39.8 Å². The molecule has 0 atom stereocenters. The highest BCUT2D eigenvalue weighted by Crippen LogP contribution is 2.28. The number of nitrogens with one attached hydrogen (secondary N) is 1. The molecule has 1 N–H and O–H groups in total. The van der Waals surface area contributed by atoms with Crippen LogP contribution in [-0.2, 0) is 0 Å². The lowest BCUT2D eigenvalue weighted by atomic mass is 10.3. The molecule has 0 saturated carbocycles. The van der Waals surface area contributed by atoms with Crippen LogP contribution in [0.3, 0.4) is 0 Å². The molecule has 0 radical (unpaired) electrons. The van der Waals surface area contributed by atoms with Gasteiger partial charge >= 0.3 is 0 Å². The number of imidazole rings is 2. The summed E-state index contributed by atoms with van der Waals surface area (Å²) in [5.74, 6) is 1.53. The largest absolute Gasteiger partial charge is 0.333 e. The Balaban J connectivity index is 2.06. The molecule has 0 aliphatic rings. The molecule has 0 unspecified atom stereocenters. The Hall–Kier alpha value is -1.89. The van der Waals surface area contributed by atoms with E-state index in [4.69, 9.17) is 0 Å². The number of pyridine rings is 1. The number of hydrogen-bond donors (Lipinski definition) is 1. The van der Waals surface area contributed by atoms with Gasteiger partial charge in [0.15, 0.2) is 5.82 Å². The molecule has 6 nitrogen and oxygen atoms in total. The lowest BCUT2D eigenvalue weighted by Gasteiger charge is -2.12. The molecule has 0 fully saturated rings. The van der Waals surface area contributed by atoms with E-state index < -0.39 is 0 Å². The Kier molecular flexibility index (Phi) is 3.90. The van der Waals surface area contributed by atoms with E-state index in [-0.39, 0.29) is 0 Å². The fourth-order valence-corrected chi connectivity index (χ4v) is 2.71. The highest BCUT2D eigenvalue weighted by atomic mass is 79.9. The van der Waals surface area contributed by atoms with Crippen molar-refractivity contribution in [2.75, 3.05) is 5.32 Å². The molecule has 3 heterocycles. The van der Waals surface area contributed by atoms with Gasteiger partial charge in [0, 0.05) is 18.3 Å². The third-order valence-corrected chi connectivity index (χ3v) is 3.93. The molecule has 0 bridgehead atoms. The standard InChI is InChI=1S/C15H19BrN6/c1-9(2)21-6-13(18-7-21)20-15-14-11(5-12(16)19-15)17-8-22(14)10(3)4/h5-10H,1-4H3,(H,19,20). The topological polar surface area (TPSA) is 60.6 Å². The maximum absolute atomic E-state index is 4.56.